The maximum atomic E-state index is 13.2. The Bertz CT molecular complexity index is 429. The fourth-order valence-electron chi connectivity index (χ4n) is 2.10. The molecule has 0 aromatic heterocycles. The Hall–Kier alpha value is -1.09. The number of alkyl halides is 8. The molecule has 1 atom stereocenters. The van der Waals surface area contributed by atoms with Crippen LogP contribution in [0.4, 0.5) is 35.1 Å². The number of carbonyl (C=O) groups excluding carboxylic acids is 1. The summed E-state index contributed by atoms with van der Waals surface area (Å²) in [5.41, 5.74) is -0.198. The van der Waals surface area contributed by atoms with Crippen LogP contribution in [0.3, 0.4) is 0 Å². The minimum atomic E-state index is -6.37. The summed E-state index contributed by atoms with van der Waals surface area (Å²) in [5.74, 6) is -19.9. The van der Waals surface area contributed by atoms with Crippen molar-refractivity contribution in [3.05, 3.63) is 0 Å². The summed E-state index contributed by atoms with van der Waals surface area (Å²) in [6.45, 7) is 4.70. The second-order valence-corrected chi connectivity index (χ2v) is 6.94. The summed E-state index contributed by atoms with van der Waals surface area (Å²) in [6, 6.07) is 0. The fraction of sp³-hybridized carbons (Fsp3) is 0.929. The van der Waals surface area contributed by atoms with Gasteiger partial charge in [0, 0.05) is 6.42 Å². The van der Waals surface area contributed by atoms with E-state index in [0.717, 1.165) is 0 Å². The highest BCUT2D eigenvalue weighted by Gasteiger charge is 2.75. The van der Waals surface area contributed by atoms with E-state index in [0.29, 0.717) is 6.42 Å². The van der Waals surface area contributed by atoms with Gasteiger partial charge in [0.05, 0.1) is 0 Å². The molecule has 0 aromatic rings. The van der Waals surface area contributed by atoms with Gasteiger partial charge in [-0.1, -0.05) is 27.7 Å². The maximum absolute atomic E-state index is 13.2. The average Bonchev–Trinajstić information content (AvgIpc) is 2.33. The summed E-state index contributed by atoms with van der Waals surface area (Å²) in [7, 11) is 0. The first kappa shape index (κ1) is 22.9. The maximum Gasteiger partial charge on any atom is 0.381 e. The third-order valence-corrected chi connectivity index (χ3v) is 3.04. The molecule has 0 saturated carbocycles. The van der Waals surface area contributed by atoms with Gasteiger partial charge in [0.15, 0.2) is 6.61 Å². The molecule has 0 aliphatic heterocycles. The molecule has 0 radical (unpaired) electrons. The summed E-state index contributed by atoms with van der Waals surface area (Å²) < 4.78 is 105. The second kappa shape index (κ2) is 7.43. The van der Waals surface area contributed by atoms with Gasteiger partial charge in [-0.05, 0) is 17.8 Å². The number of esters is 1. The highest BCUT2D eigenvalue weighted by atomic mass is 19.4. The van der Waals surface area contributed by atoms with E-state index in [9.17, 15) is 39.9 Å². The molecule has 0 amide bonds. The lowest BCUT2D eigenvalue weighted by Crippen LogP contribution is -2.59. The molecule has 0 aliphatic rings. The van der Waals surface area contributed by atoms with E-state index in [4.69, 9.17) is 0 Å². The summed E-state index contributed by atoms with van der Waals surface area (Å²) in [4.78, 5) is 11.4. The predicted octanol–water partition coefficient (Wildman–Crippen LogP) is 5.16. The van der Waals surface area contributed by atoms with Crippen LogP contribution < -0.4 is 0 Å². The Morgan fingerprint density at radius 2 is 1.46 bits per heavy atom. The zero-order valence-corrected chi connectivity index (χ0v) is 13.6. The molecule has 0 aromatic carbocycles. The van der Waals surface area contributed by atoms with Crippen LogP contribution >= 0.6 is 0 Å². The molecule has 10 heteroatoms. The van der Waals surface area contributed by atoms with Crippen LogP contribution in [0.1, 0.15) is 40.5 Å². The van der Waals surface area contributed by atoms with E-state index in [-0.39, 0.29) is 11.3 Å². The summed E-state index contributed by atoms with van der Waals surface area (Å²) in [5, 5.41) is 0. The van der Waals surface area contributed by atoms with Crippen LogP contribution in [-0.4, -0.2) is 36.8 Å². The summed E-state index contributed by atoms with van der Waals surface area (Å²) >= 11 is 0. The van der Waals surface area contributed by atoms with Crippen molar-refractivity contribution in [1.29, 1.82) is 0 Å². The minimum Gasteiger partial charge on any atom is -0.459 e. The third kappa shape index (κ3) is 5.77. The van der Waals surface area contributed by atoms with E-state index in [1.165, 1.54) is 0 Å². The molecule has 0 heterocycles. The SMILES string of the molecule is CC(CC(=O)OCC(F)(F)C(F)(F)C(F)(F)C(F)F)CC(C)(C)C. The molecule has 1 unspecified atom stereocenters. The van der Waals surface area contributed by atoms with Crippen LogP contribution in [0.2, 0.25) is 0 Å². The first-order valence-electron chi connectivity index (χ1n) is 7.01. The van der Waals surface area contributed by atoms with Crippen LogP contribution in [0.5, 0.6) is 0 Å². The van der Waals surface area contributed by atoms with Crippen LogP contribution in [0, 0.1) is 11.3 Å². The third-order valence-electron chi connectivity index (χ3n) is 3.04. The van der Waals surface area contributed by atoms with Gasteiger partial charge >= 0.3 is 30.2 Å². The van der Waals surface area contributed by atoms with E-state index >= 15 is 0 Å². The van der Waals surface area contributed by atoms with Crippen molar-refractivity contribution in [3.8, 4) is 0 Å². The van der Waals surface area contributed by atoms with Crippen molar-refractivity contribution in [2.45, 2.75) is 64.7 Å². The number of hydrogen-bond donors (Lipinski definition) is 0. The Morgan fingerprint density at radius 1 is 1.00 bits per heavy atom. The zero-order valence-electron chi connectivity index (χ0n) is 13.6. The lowest BCUT2D eigenvalue weighted by atomic mass is 9.84. The van der Waals surface area contributed by atoms with Crippen LogP contribution in [0.15, 0.2) is 0 Å². The topological polar surface area (TPSA) is 26.3 Å². The number of ether oxygens (including phenoxy) is 1. The van der Waals surface area contributed by atoms with Crippen LogP contribution in [0.25, 0.3) is 0 Å². The molecule has 0 rings (SSSR count). The first-order valence-corrected chi connectivity index (χ1v) is 7.01. The molecule has 24 heavy (non-hydrogen) atoms. The molecule has 0 bridgehead atoms. The van der Waals surface area contributed by atoms with Crippen molar-refractivity contribution in [2.75, 3.05) is 6.61 Å². The Kier molecular flexibility index (Phi) is 7.09. The Labute approximate surface area is 134 Å². The molecule has 144 valence electrons. The first-order chi connectivity index (χ1) is 10.4. The quantitative estimate of drug-likeness (QED) is 0.434. The lowest BCUT2D eigenvalue weighted by molar-refractivity contribution is -0.344. The van der Waals surface area contributed by atoms with Crippen molar-refractivity contribution in [1.82, 2.24) is 0 Å². The lowest BCUT2D eigenvalue weighted by Gasteiger charge is -2.31. The van der Waals surface area contributed by atoms with Crippen molar-refractivity contribution < 1.29 is 44.7 Å². The van der Waals surface area contributed by atoms with E-state index in [1.807, 2.05) is 20.8 Å². The van der Waals surface area contributed by atoms with Crippen molar-refractivity contribution >= 4 is 5.97 Å². The van der Waals surface area contributed by atoms with Gasteiger partial charge < -0.3 is 4.74 Å². The van der Waals surface area contributed by atoms with Crippen LogP contribution in [-0.2, 0) is 9.53 Å². The monoisotopic (exact) mass is 372 g/mol. The Balaban J connectivity index is 4.81. The molecule has 0 spiro atoms. The van der Waals surface area contributed by atoms with Gasteiger partial charge in [0.1, 0.15) is 0 Å². The fourth-order valence-corrected chi connectivity index (χ4v) is 2.10. The number of halogens is 8. The van der Waals surface area contributed by atoms with Crippen molar-refractivity contribution in [3.63, 3.8) is 0 Å². The minimum absolute atomic E-state index is 0.198. The number of rotatable bonds is 8. The largest absolute Gasteiger partial charge is 0.459 e. The number of hydrogen-bond acceptors (Lipinski definition) is 2. The van der Waals surface area contributed by atoms with Gasteiger partial charge in [-0.2, -0.15) is 26.3 Å². The van der Waals surface area contributed by atoms with Gasteiger partial charge in [-0.25, -0.2) is 8.78 Å². The molecular weight excluding hydrogens is 352 g/mol. The highest BCUT2D eigenvalue weighted by molar-refractivity contribution is 5.69. The van der Waals surface area contributed by atoms with E-state index in [1.54, 1.807) is 6.92 Å². The summed E-state index contributed by atoms with van der Waals surface area (Å²) in [6.07, 6.45) is -4.91. The predicted molar refractivity (Wildman–Crippen MR) is 69.7 cm³/mol. The average molecular weight is 372 g/mol. The van der Waals surface area contributed by atoms with Gasteiger partial charge in [-0.15, -0.1) is 0 Å². The highest BCUT2D eigenvalue weighted by Crippen LogP contribution is 2.48. The molecular formula is C14H20F8O2. The normalized spacial score (nSPS) is 15.5. The number of carbonyl (C=O) groups is 1. The molecule has 0 fully saturated rings. The molecule has 0 N–H and O–H groups in total. The van der Waals surface area contributed by atoms with E-state index < -0.39 is 43.2 Å². The molecule has 0 aliphatic carbocycles. The smallest absolute Gasteiger partial charge is 0.381 e. The Morgan fingerprint density at radius 3 is 1.83 bits per heavy atom. The van der Waals surface area contributed by atoms with Gasteiger partial charge in [0.25, 0.3) is 0 Å². The van der Waals surface area contributed by atoms with Gasteiger partial charge in [0.2, 0.25) is 0 Å². The van der Waals surface area contributed by atoms with Gasteiger partial charge in [-0.3, -0.25) is 4.79 Å². The molecule has 2 nitrogen and oxygen atoms in total. The zero-order chi connectivity index (χ0) is 19.6. The van der Waals surface area contributed by atoms with Crippen molar-refractivity contribution in [2.24, 2.45) is 11.3 Å². The second-order valence-electron chi connectivity index (χ2n) is 6.94. The standard InChI is InChI=1S/C14H20F8O2/c1-8(6-11(2,3)4)5-9(23)24-7-12(17,18)14(21,22)13(19,20)10(15)16/h8,10H,5-7H2,1-4H3. The van der Waals surface area contributed by atoms with E-state index in [2.05, 4.69) is 4.74 Å². The molecule has 0 saturated heterocycles.